The van der Waals surface area contributed by atoms with Gasteiger partial charge in [0.05, 0.1) is 0 Å². The van der Waals surface area contributed by atoms with Crippen molar-refractivity contribution in [3.05, 3.63) is 35.4 Å². The standard InChI is InChI=1S/C12H12O5/c1-6-7-4-2-3-5-8(7)10(12(15)16)17-9(6)11(13)14/h2-6,9-10H,1H3,(H,13,14)(H,15,16). The second-order valence-electron chi connectivity index (χ2n) is 4.03. The highest BCUT2D eigenvalue weighted by Crippen LogP contribution is 2.37. The van der Waals surface area contributed by atoms with E-state index in [1.807, 2.05) is 0 Å². The van der Waals surface area contributed by atoms with Crippen LogP contribution in [0.4, 0.5) is 0 Å². The lowest BCUT2D eigenvalue weighted by Gasteiger charge is -2.32. The van der Waals surface area contributed by atoms with Crippen molar-refractivity contribution in [3.8, 4) is 0 Å². The van der Waals surface area contributed by atoms with Crippen molar-refractivity contribution < 1.29 is 24.5 Å². The molecular formula is C12H12O5. The molecule has 1 aliphatic rings. The van der Waals surface area contributed by atoms with E-state index in [1.165, 1.54) is 0 Å². The van der Waals surface area contributed by atoms with E-state index in [-0.39, 0.29) is 5.92 Å². The Morgan fingerprint density at radius 1 is 1.12 bits per heavy atom. The van der Waals surface area contributed by atoms with Crippen molar-refractivity contribution in [3.63, 3.8) is 0 Å². The van der Waals surface area contributed by atoms with E-state index < -0.39 is 24.1 Å². The fraction of sp³-hybridized carbons (Fsp3) is 0.333. The number of carbonyl (C=O) groups is 2. The van der Waals surface area contributed by atoms with Crippen LogP contribution in [0.1, 0.15) is 30.1 Å². The maximum Gasteiger partial charge on any atom is 0.337 e. The van der Waals surface area contributed by atoms with E-state index in [9.17, 15) is 9.59 Å². The number of rotatable bonds is 2. The predicted octanol–water partition coefficient (Wildman–Crippen LogP) is 1.40. The molecule has 1 aromatic carbocycles. The Morgan fingerprint density at radius 2 is 1.71 bits per heavy atom. The number of fused-ring (bicyclic) bond motifs is 1. The summed E-state index contributed by atoms with van der Waals surface area (Å²) in [6.07, 6.45) is -2.32. The van der Waals surface area contributed by atoms with Crippen molar-refractivity contribution in [2.24, 2.45) is 0 Å². The quantitative estimate of drug-likeness (QED) is 0.810. The van der Waals surface area contributed by atoms with E-state index >= 15 is 0 Å². The Kier molecular flexibility index (Phi) is 2.85. The third-order valence-electron chi connectivity index (χ3n) is 2.97. The van der Waals surface area contributed by atoms with E-state index in [4.69, 9.17) is 14.9 Å². The minimum atomic E-state index is -1.21. The highest BCUT2D eigenvalue weighted by atomic mass is 16.5. The smallest absolute Gasteiger partial charge is 0.337 e. The third-order valence-corrected chi connectivity index (χ3v) is 2.97. The van der Waals surface area contributed by atoms with Gasteiger partial charge in [-0.3, -0.25) is 0 Å². The van der Waals surface area contributed by atoms with Crippen LogP contribution in [-0.4, -0.2) is 28.3 Å². The molecule has 1 heterocycles. The number of benzene rings is 1. The van der Waals surface area contributed by atoms with Crippen molar-refractivity contribution in [2.75, 3.05) is 0 Å². The number of hydrogen-bond acceptors (Lipinski definition) is 3. The van der Waals surface area contributed by atoms with E-state index in [0.717, 1.165) is 5.56 Å². The lowest BCUT2D eigenvalue weighted by atomic mass is 9.86. The van der Waals surface area contributed by atoms with Gasteiger partial charge in [-0.05, 0) is 11.1 Å². The Balaban J connectivity index is 2.50. The summed E-state index contributed by atoms with van der Waals surface area (Å²) in [7, 11) is 0. The molecule has 0 saturated carbocycles. The van der Waals surface area contributed by atoms with Crippen molar-refractivity contribution in [2.45, 2.75) is 25.0 Å². The molecule has 2 rings (SSSR count). The minimum absolute atomic E-state index is 0.362. The molecule has 5 heteroatoms. The second-order valence-corrected chi connectivity index (χ2v) is 4.03. The van der Waals surface area contributed by atoms with E-state index in [1.54, 1.807) is 31.2 Å². The first-order chi connectivity index (χ1) is 8.02. The Morgan fingerprint density at radius 3 is 2.24 bits per heavy atom. The first-order valence-corrected chi connectivity index (χ1v) is 5.22. The van der Waals surface area contributed by atoms with Crippen LogP contribution in [0.5, 0.6) is 0 Å². The number of carboxylic acid groups (broad SMARTS) is 2. The second kappa shape index (κ2) is 4.18. The monoisotopic (exact) mass is 236 g/mol. The highest BCUT2D eigenvalue weighted by Gasteiger charge is 2.40. The van der Waals surface area contributed by atoms with Gasteiger partial charge in [-0.15, -0.1) is 0 Å². The van der Waals surface area contributed by atoms with Crippen LogP contribution in [0.3, 0.4) is 0 Å². The molecular weight excluding hydrogens is 224 g/mol. The molecule has 0 aliphatic carbocycles. The van der Waals surface area contributed by atoms with Crippen LogP contribution in [0.15, 0.2) is 24.3 Å². The summed E-state index contributed by atoms with van der Waals surface area (Å²) < 4.78 is 5.15. The van der Waals surface area contributed by atoms with Gasteiger partial charge in [-0.1, -0.05) is 31.2 Å². The Labute approximate surface area is 97.6 Å². The fourth-order valence-electron chi connectivity index (χ4n) is 2.13. The summed E-state index contributed by atoms with van der Waals surface area (Å²) in [6, 6.07) is 6.88. The maximum atomic E-state index is 11.1. The van der Waals surface area contributed by atoms with E-state index in [2.05, 4.69) is 0 Å². The van der Waals surface area contributed by atoms with Crippen LogP contribution < -0.4 is 0 Å². The molecule has 90 valence electrons. The normalized spacial score (nSPS) is 27.2. The summed E-state index contributed by atoms with van der Waals surface area (Å²) >= 11 is 0. The average Bonchev–Trinajstić information content (AvgIpc) is 2.29. The van der Waals surface area contributed by atoms with Crippen molar-refractivity contribution in [1.29, 1.82) is 0 Å². The predicted molar refractivity (Wildman–Crippen MR) is 57.7 cm³/mol. The van der Waals surface area contributed by atoms with Gasteiger partial charge < -0.3 is 14.9 Å². The molecule has 0 fully saturated rings. The summed E-state index contributed by atoms with van der Waals surface area (Å²) in [5.41, 5.74) is 1.25. The van der Waals surface area contributed by atoms with Gasteiger partial charge in [0, 0.05) is 5.92 Å². The lowest BCUT2D eigenvalue weighted by Crippen LogP contribution is -2.38. The fourth-order valence-corrected chi connectivity index (χ4v) is 2.13. The Bertz CT molecular complexity index is 468. The number of hydrogen-bond donors (Lipinski definition) is 2. The van der Waals surface area contributed by atoms with E-state index in [0.29, 0.717) is 5.56 Å². The molecule has 2 N–H and O–H groups in total. The zero-order valence-corrected chi connectivity index (χ0v) is 9.16. The molecule has 3 unspecified atom stereocenters. The molecule has 0 aromatic heterocycles. The summed E-state index contributed by atoms with van der Waals surface area (Å²) in [6.45, 7) is 1.72. The average molecular weight is 236 g/mol. The van der Waals surface area contributed by atoms with Crippen LogP contribution >= 0.6 is 0 Å². The zero-order chi connectivity index (χ0) is 12.6. The van der Waals surface area contributed by atoms with Gasteiger partial charge in [-0.2, -0.15) is 0 Å². The minimum Gasteiger partial charge on any atom is -0.479 e. The van der Waals surface area contributed by atoms with Gasteiger partial charge in [0.2, 0.25) is 0 Å². The zero-order valence-electron chi connectivity index (χ0n) is 9.16. The summed E-state index contributed by atoms with van der Waals surface area (Å²) in [5.74, 6) is -2.67. The molecule has 5 nitrogen and oxygen atoms in total. The molecule has 0 bridgehead atoms. The molecule has 0 saturated heterocycles. The van der Waals surface area contributed by atoms with Crippen molar-refractivity contribution >= 4 is 11.9 Å². The SMILES string of the molecule is CC1c2ccccc2C(C(=O)O)OC1C(=O)O. The third kappa shape index (κ3) is 1.89. The first-order valence-electron chi connectivity index (χ1n) is 5.22. The van der Waals surface area contributed by atoms with Gasteiger partial charge in [0.25, 0.3) is 0 Å². The van der Waals surface area contributed by atoms with Crippen LogP contribution in [-0.2, 0) is 14.3 Å². The van der Waals surface area contributed by atoms with Crippen molar-refractivity contribution in [1.82, 2.24) is 0 Å². The Hall–Kier alpha value is -1.88. The number of ether oxygens (including phenoxy) is 1. The van der Waals surface area contributed by atoms with Crippen LogP contribution in [0.2, 0.25) is 0 Å². The molecule has 0 spiro atoms. The summed E-state index contributed by atoms with van der Waals surface area (Å²) in [4.78, 5) is 22.1. The molecule has 1 aliphatic heterocycles. The molecule has 0 radical (unpaired) electrons. The number of aliphatic carboxylic acids is 2. The topological polar surface area (TPSA) is 83.8 Å². The number of carboxylic acids is 2. The lowest BCUT2D eigenvalue weighted by molar-refractivity contribution is -0.169. The summed E-state index contributed by atoms with van der Waals surface area (Å²) in [5, 5.41) is 18.1. The first kappa shape index (κ1) is 11.6. The molecule has 1 aromatic rings. The van der Waals surface area contributed by atoms with Crippen LogP contribution in [0, 0.1) is 0 Å². The molecule has 0 amide bonds. The van der Waals surface area contributed by atoms with Gasteiger partial charge in [0.1, 0.15) is 0 Å². The largest absolute Gasteiger partial charge is 0.479 e. The highest BCUT2D eigenvalue weighted by molar-refractivity contribution is 5.79. The van der Waals surface area contributed by atoms with Gasteiger partial charge >= 0.3 is 11.9 Å². The van der Waals surface area contributed by atoms with Gasteiger partial charge in [0.15, 0.2) is 12.2 Å². The van der Waals surface area contributed by atoms with Gasteiger partial charge in [-0.25, -0.2) is 9.59 Å². The van der Waals surface area contributed by atoms with Crippen LogP contribution in [0.25, 0.3) is 0 Å². The molecule has 17 heavy (non-hydrogen) atoms. The molecule has 3 atom stereocenters. The maximum absolute atomic E-state index is 11.1.